The molecule has 1 aromatic carbocycles. The first kappa shape index (κ1) is 15.4. The number of aromatic nitrogens is 1. The molecular weight excluding hydrogens is 382 g/mol. The van der Waals surface area contributed by atoms with Crippen LogP contribution in [0.2, 0.25) is 0 Å². The average molecular weight is 393 g/mol. The molecule has 3 rings (SSSR count). The van der Waals surface area contributed by atoms with E-state index in [0.29, 0.717) is 6.42 Å². The Kier molecular flexibility index (Phi) is 4.71. The molecule has 0 aliphatic rings. The highest BCUT2D eigenvalue weighted by Crippen LogP contribution is 2.32. The molecule has 0 saturated carbocycles. The van der Waals surface area contributed by atoms with E-state index in [-0.39, 0.29) is 6.42 Å². The number of hydrogen-bond donors (Lipinski definition) is 0. The first-order valence-corrected chi connectivity index (χ1v) is 9.11. The number of para-hydroxylation sites is 1. The molecule has 0 N–H and O–H groups in total. The van der Waals surface area contributed by atoms with Crippen molar-refractivity contribution in [3.8, 4) is 0 Å². The Labute approximate surface area is 144 Å². The topological polar surface area (TPSA) is 53.0 Å². The zero-order valence-electron chi connectivity index (χ0n) is 11.4. The Morgan fingerprint density at radius 2 is 2.14 bits per heavy atom. The predicted octanol–water partition coefficient (Wildman–Crippen LogP) is 4.19. The number of halogens is 1. The van der Waals surface area contributed by atoms with Crippen LogP contribution in [0.1, 0.15) is 22.7 Å². The minimum atomic E-state index is -1.04. The number of nitrogens with zero attached hydrogens (tertiary/aromatic N) is 1. The molecule has 22 heavy (non-hydrogen) atoms. The van der Waals surface area contributed by atoms with Crippen molar-refractivity contribution in [3.63, 3.8) is 0 Å². The van der Waals surface area contributed by atoms with E-state index in [4.69, 9.17) is 0 Å². The molecular formula is C16H11BrNO2S2-. The lowest BCUT2D eigenvalue weighted by Crippen LogP contribution is -2.21. The molecule has 0 unspecified atom stereocenters. The van der Waals surface area contributed by atoms with Crippen LogP contribution in [-0.2, 0) is 4.79 Å². The van der Waals surface area contributed by atoms with Gasteiger partial charge in [-0.25, -0.2) is 4.98 Å². The fraction of sp³-hybridized carbons (Fsp3) is 0.125. The van der Waals surface area contributed by atoms with Gasteiger partial charge in [-0.05, 0) is 58.6 Å². The molecule has 3 aromatic rings. The normalized spacial score (nSPS) is 12.0. The molecule has 0 atom stereocenters. The van der Waals surface area contributed by atoms with E-state index in [2.05, 4.69) is 20.9 Å². The number of carboxylic acid groups (broad SMARTS) is 1. The highest BCUT2D eigenvalue weighted by atomic mass is 79.9. The SMILES string of the molecule is O=C([O-])CC/C(=C\c1cc(Br)cs1)c1nc2ccccc2s1. The van der Waals surface area contributed by atoms with Gasteiger partial charge in [0.2, 0.25) is 0 Å². The molecule has 0 saturated heterocycles. The molecule has 112 valence electrons. The molecule has 0 spiro atoms. The van der Waals surface area contributed by atoms with Crippen LogP contribution in [0.5, 0.6) is 0 Å². The van der Waals surface area contributed by atoms with Crippen molar-refractivity contribution in [2.24, 2.45) is 0 Å². The molecule has 0 fully saturated rings. The number of aliphatic carboxylic acids is 1. The number of carbonyl (C=O) groups excluding carboxylic acids is 1. The van der Waals surface area contributed by atoms with Gasteiger partial charge < -0.3 is 9.90 Å². The number of allylic oxidation sites excluding steroid dienone is 1. The average Bonchev–Trinajstić information content (AvgIpc) is 3.09. The van der Waals surface area contributed by atoms with E-state index in [1.54, 1.807) is 22.7 Å². The molecule has 0 aliphatic carbocycles. The van der Waals surface area contributed by atoms with Crippen molar-refractivity contribution < 1.29 is 9.90 Å². The molecule has 0 bridgehead atoms. The molecule has 0 radical (unpaired) electrons. The second-order valence-electron chi connectivity index (χ2n) is 4.70. The number of benzene rings is 1. The third-order valence-electron chi connectivity index (χ3n) is 3.07. The summed E-state index contributed by atoms with van der Waals surface area (Å²) >= 11 is 6.62. The van der Waals surface area contributed by atoms with Gasteiger partial charge in [0.1, 0.15) is 5.01 Å². The largest absolute Gasteiger partial charge is 0.550 e. The first-order chi connectivity index (χ1) is 10.6. The summed E-state index contributed by atoms with van der Waals surface area (Å²) in [5, 5.41) is 13.7. The minimum Gasteiger partial charge on any atom is -0.550 e. The quantitative estimate of drug-likeness (QED) is 0.653. The van der Waals surface area contributed by atoms with Crippen LogP contribution in [-0.4, -0.2) is 11.0 Å². The van der Waals surface area contributed by atoms with Crippen molar-refractivity contribution in [2.45, 2.75) is 12.8 Å². The molecule has 0 aliphatic heterocycles. The second kappa shape index (κ2) is 6.73. The lowest BCUT2D eigenvalue weighted by atomic mass is 10.1. The lowest BCUT2D eigenvalue weighted by molar-refractivity contribution is -0.305. The molecule has 0 amide bonds. The fourth-order valence-electron chi connectivity index (χ4n) is 2.06. The van der Waals surface area contributed by atoms with Gasteiger partial charge in [-0.2, -0.15) is 0 Å². The maximum atomic E-state index is 10.8. The van der Waals surface area contributed by atoms with Crippen LogP contribution in [0.15, 0.2) is 40.2 Å². The van der Waals surface area contributed by atoms with Crippen LogP contribution >= 0.6 is 38.6 Å². The van der Waals surface area contributed by atoms with E-state index in [1.807, 2.05) is 41.8 Å². The smallest absolute Gasteiger partial charge is 0.120 e. The maximum Gasteiger partial charge on any atom is 0.120 e. The van der Waals surface area contributed by atoms with Crippen molar-refractivity contribution in [2.75, 3.05) is 0 Å². The van der Waals surface area contributed by atoms with Crippen molar-refractivity contribution in [1.29, 1.82) is 0 Å². The summed E-state index contributed by atoms with van der Waals surface area (Å²) in [6.07, 6.45) is 2.42. The van der Waals surface area contributed by atoms with Crippen LogP contribution in [0.3, 0.4) is 0 Å². The lowest BCUT2D eigenvalue weighted by Gasteiger charge is -2.05. The van der Waals surface area contributed by atoms with E-state index >= 15 is 0 Å². The summed E-state index contributed by atoms with van der Waals surface area (Å²) in [5.74, 6) is -1.04. The number of fused-ring (bicyclic) bond motifs is 1. The Hall–Kier alpha value is -1.50. The second-order valence-corrected chi connectivity index (χ2v) is 7.58. The molecule has 2 heterocycles. The number of hydrogen-bond acceptors (Lipinski definition) is 5. The van der Waals surface area contributed by atoms with Crippen molar-refractivity contribution >= 4 is 66.4 Å². The highest BCUT2D eigenvalue weighted by Gasteiger charge is 2.10. The summed E-state index contributed by atoms with van der Waals surface area (Å²) in [6.45, 7) is 0. The van der Waals surface area contributed by atoms with Gasteiger partial charge in [-0.1, -0.05) is 12.1 Å². The summed E-state index contributed by atoms with van der Waals surface area (Å²) in [6, 6.07) is 9.93. The number of carbonyl (C=O) groups is 1. The van der Waals surface area contributed by atoms with E-state index < -0.39 is 5.97 Å². The van der Waals surface area contributed by atoms with Crippen LogP contribution in [0.25, 0.3) is 21.9 Å². The Morgan fingerprint density at radius 1 is 1.32 bits per heavy atom. The Morgan fingerprint density at radius 3 is 2.82 bits per heavy atom. The van der Waals surface area contributed by atoms with Gasteiger partial charge in [0.25, 0.3) is 0 Å². The molecule has 6 heteroatoms. The van der Waals surface area contributed by atoms with Crippen LogP contribution < -0.4 is 5.11 Å². The van der Waals surface area contributed by atoms with Gasteiger partial charge in [-0.15, -0.1) is 22.7 Å². The summed E-state index contributed by atoms with van der Waals surface area (Å²) < 4.78 is 2.12. The fourth-order valence-corrected chi connectivity index (χ4v) is 4.47. The monoisotopic (exact) mass is 392 g/mol. The summed E-state index contributed by atoms with van der Waals surface area (Å²) in [7, 11) is 0. The van der Waals surface area contributed by atoms with E-state index in [0.717, 1.165) is 30.1 Å². The number of thiophene rings is 1. The van der Waals surface area contributed by atoms with Gasteiger partial charge in [0.15, 0.2) is 0 Å². The number of rotatable bonds is 5. The van der Waals surface area contributed by atoms with Gasteiger partial charge >= 0.3 is 0 Å². The summed E-state index contributed by atoms with van der Waals surface area (Å²) in [5.41, 5.74) is 1.87. The predicted molar refractivity (Wildman–Crippen MR) is 93.8 cm³/mol. The standard InChI is InChI=1S/C16H12BrNO2S2/c17-11-8-12(21-9-11)7-10(5-6-15(19)20)16-18-13-3-1-2-4-14(13)22-16/h1-4,7-9H,5-6H2,(H,19,20)/p-1/b10-7+. The van der Waals surface area contributed by atoms with Crippen molar-refractivity contribution in [1.82, 2.24) is 4.98 Å². The maximum absolute atomic E-state index is 10.8. The zero-order chi connectivity index (χ0) is 15.5. The Bertz CT molecular complexity index is 818. The van der Waals surface area contributed by atoms with Crippen LogP contribution in [0, 0.1) is 0 Å². The third kappa shape index (κ3) is 3.63. The number of carboxylic acids is 1. The van der Waals surface area contributed by atoms with E-state index in [9.17, 15) is 9.90 Å². The minimum absolute atomic E-state index is 0.00565. The molecule has 2 aromatic heterocycles. The zero-order valence-corrected chi connectivity index (χ0v) is 14.6. The van der Waals surface area contributed by atoms with Gasteiger partial charge in [0, 0.05) is 20.7 Å². The van der Waals surface area contributed by atoms with E-state index in [1.165, 1.54) is 0 Å². The van der Waals surface area contributed by atoms with Crippen molar-refractivity contribution in [3.05, 3.63) is 50.1 Å². The third-order valence-corrected chi connectivity index (χ3v) is 5.82. The molecule has 3 nitrogen and oxygen atoms in total. The van der Waals surface area contributed by atoms with Gasteiger partial charge in [0.05, 0.1) is 10.2 Å². The number of thiazole rings is 1. The van der Waals surface area contributed by atoms with Gasteiger partial charge in [-0.3, -0.25) is 0 Å². The Balaban J connectivity index is 1.99. The highest BCUT2D eigenvalue weighted by molar-refractivity contribution is 9.10. The van der Waals surface area contributed by atoms with Crippen LogP contribution in [0.4, 0.5) is 0 Å². The summed E-state index contributed by atoms with van der Waals surface area (Å²) in [4.78, 5) is 16.5. The first-order valence-electron chi connectivity index (χ1n) is 6.62.